The third-order valence-corrected chi connectivity index (χ3v) is 6.83. The van der Waals surface area contributed by atoms with Crippen molar-refractivity contribution in [1.29, 1.82) is 0 Å². The van der Waals surface area contributed by atoms with Crippen molar-refractivity contribution in [3.8, 4) is 17.0 Å². The molecule has 2 atom stereocenters. The number of piperidine rings is 1. The van der Waals surface area contributed by atoms with Crippen molar-refractivity contribution in [3.63, 3.8) is 0 Å². The molecule has 6 nitrogen and oxygen atoms in total. The van der Waals surface area contributed by atoms with Crippen molar-refractivity contribution in [1.82, 2.24) is 9.97 Å². The second kappa shape index (κ2) is 7.67. The van der Waals surface area contributed by atoms with Crippen molar-refractivity contribution in [2.24, 2.45) is 11.1 Å². The largest absolute Gasteiger partial charge is 0.496 e. The quantitative estimate of drug-likeness (QED) is 0.815. The number of rotatable bonds is 3. The Morgan fingerprint density at radius 1 is 1.32 bits per heavy atom. The van der Waals surface area contributed by atoms with E-state index in [-0.39, 0.29) is 17.6 Å². The van der Waals surface area contributed by atoms with Gasteiger partial charge in [0.2, 0.25) is 0 Å². The lowest BCUT2D eigenvalue weighted by Crippen LogP contribution is -2.50. The molecule has 2 fully saturated rings. The van der Waals surface area contributed by atoms with Crippen LogP contribution in [0.2, 0.25) is 10.0 Å². The molecule has 2 saturated heterocycles. The van der Waals surface area contributed by atoms with E-state index in [0.717, 1.165) is 38.4 Å². The smallest absolute Gasteiger partial charge is 0.157 e. The highest BCUT2D eigenvalue weighted by molar-refractivity contribution is 6.44. The summed E-state index contributed by atoms with van der Waals surface area (Å²) < 4.78 is 11.2. The maximum atomic E-state index is 6.40. The zero-order valence-electron chi connectivity index (χ0n) is 15.9. The maximum Gasteiger partial charge on any atom is 0.157 e. The van der Waals surface area contributed by atoms with E-state index >= 15 is 0 Å². The van der Waals surface area contributed by atoms with Crippen LogP contribution in [0.1, 0.15) is 19.8 Å². The molecule has 0 amide bonds. The van der Waals surface area contributed by atoms with Crippen LogP contribution >= 0.6 is 23.2 Å². The van der Waals surface area contributed by atoms with Gasteiger partial charge in [0.15, 0.2) is 5.82 Å². The Morgan fingerprint density at radius 2 is 2.07 bits per heavy atom. The fraction of sp³-hybridized carbons (Fsp3) is 0.500. The summed E-state index contributed by atoms with van der Waals surface area (Å²) in [7, 11) is 1.58. The number of halogens is 2. The molecular weight excluding hydrogens is 399 g/mol. The molecule has 4 rings (SSSR count). The van der Waals surface area contributed by atoms with Crippen LogP contribution in [-0.4, -0.2) is 48.9 Å². The molecule has 1 aromatic heterocycles. The minimum absolute atomic E-state index is 0.0744. The van der Waals surface area contributed by atoms with Crippen molar-refractivity contribution < 1.29 is 9.47 Å². The summed E-state index contributed by atoms with van der Waals surface area (Å²) in [5.41, 5.74) is 7.66. The molecule has 0 unspecified atom stereocenters. The van der Waals surface area contributed by atoms with E-state index in [0.29, 0.717) is 27.1 Å². The summed E-state index contributed by atoms with van der Waals surface area (Å²) in [5.74, 6) is 1.31. The van der Waals surface area contributed by atoms with Gasteiger partial charge >= 0.3 is 0 Å². The highest BCUT2D eigenvalue weighted by atomic mass is 35.5. The molecule has 8 heteroatoms. The molecule has 1 aromatic carbocycles. The van der Waals surface area contributed by atoms with Crippen molar-refractivity contribution in [2.45, 2.75) is 31.9 Å². The predicted molar refractivity (Wildman–Crippen MR) is 110 cm³/mol. The van der Waals surface area contributed by atoms with Crippen LogP contribution in [0.4, 0.5) is 5.82 Å². The van der Waals surface area contributed by atoms with Gasteiger partial charge in [-0.05, 0) is 31.9 Å². The van der Waals surface area contributed by atoms with Gasteiger partial charge in [-0.1, -0.05) is 23.2 Å². The Labute approximate surface area is 174 Å². The van der Waals surface area contributed by atoms with Gasteiger partial charge in [-0.2, -0.15) is 0 Å². The van der Waals surface area contributed by atoms with Gasteiger partial charge in [-0.3, -0.25) is 0 Å². The number of anilines is 1. The van der Waals surface area contributed by atoms with Crippen LogP contribution in [0.5, 0.6) is 5.75 Å². The van der Waals surface area contributed by atoms with E-state index in [1.54, 1.807) is 25.4 Å². The van der Waals surface area contributed by atoms with Crippen LogP contribution in [0.25, 0.3) is 11.3 Å². The number of ether oxygens (including phenoxy) is 2. The maximum absolute atomic E-state index is 6.40. The van der Waals surface area contributed by atoms with Gasteiger partial charge in [-0.25, -0.2) is 9.97 Å². The lowest BCUT2D eigenvalue weighted by Gasteiger charge is -2.41. The molecule has 0 bridgehead atoms. The average molecular weight is 422 g/mol. The molecule has 1 spiro atoms. The lowest BCUT2D eigenvalue weighted by molar-refractivity contribution is 0.0974. The molecule has 0 aliphatic carbocycles. The van der Waals surface area contributed by atoms with Crippen LogP contribution in [0.3, 0.4) is 0 Å². The predicted octanol–water partition coefficient (Wildman–Crippen LogP) is 3.59. The fourth-order valence-corrected chi connectivity index (χ4v) is 4.55. The first-order chi connectivity index (χ1) is 13.4. The molecule has 2 aliphatic rings. The minimum Gasteiger partial charge on any atom is -0.496 e. The standard InChI is InChI=1S/C20H23Cl2N4O2/c1-12-19(23)20(11-28-12)5-7-26(8-6-20)16-10-24-14(9-25-16)17-15(27-2)4-3-13(21)18(17)22/h3-4,9,12,19H,5-8,11,23H2,1-2H3/t12-,19+/m0/s1. The Kier molecular flexibility index (Phi) is 5.40. The zero-order chi connectivity index (χ0) is 19.9. The number of hydrogen-bond acceptors (Lipinski definition) is 6. The van der Waals surface area contributed by atoms with Gasteiger partial charge in [-0.15, -0.1) is 0 Å². The van der Waals surface area contributed by atoms with Crippen LogP contribution in [-0.2, 0) is 4.74 Å². The molecule has 149 valence electrons. The fourth-order valence-electron chi connectivity index (χ4n) is 4.14. The highest BCUT2D eigenvalue weighted by Gasteiger charge is 2.47. The molecule has 0 saturated carbocycles. The van der Waals surface area contributed by atoms with E-state index in [2.05, 4.69) is 28.0 Å². The van der Waals surface area contributed by atoms with E-state index in [9.17, 15) is 0 Å². The van der Waals surface area contributed by atoms with Crippen LogP contribution in [0.15, 0.2) is 18.3 Å². The summed E-state index contributed by atoms with van der Waals surface area (Å²) in [5, 5.41) is 0.828. The van der Waals surface area contributed by atoms with Gasteiger partial charge in [0.1, 0.15) is 11.9 Å². The number of aromatic nitrogens is 2. The van der Waals surface area contributed by atoms with Gasteiger partial charge < -0.3 is 20.1 Å². The Morgan fingerprint density at radius 3 is 2.64 bits per heavy atom. The Hall–Kier alpha value is -1.60. The summed E-state index contributed by atoms with van der Waals surface area (Å²) in [6.07, 6.45) is 6.80. The number of nitrogens with zero attached hydrogens (tertiary/aromatic N) is 3. The first-order valence-corrected chi connectivity index (χ1v) is 10.1. The van der Waals surface area contributed by atoms with Gasteiger partial charge in [0, 0.05) is 24.5 Å². The number of benzene rings is 1. The first-order valence-electron chi connectivity index (χ1n) is 9.34. The molecule has 2 aliphatic heterocycles. The first kappa shape index (κ1) is 19.7. The number of hydrogen-bond donors (Lipinski definition) is 1. The summed E-state index contributed by atoms with van der Waals surface area (Å²) in [6.45, 7) is 4.51. The van der Waals surface area contributed by atoms with Crippen molar-refractivity contribution in [3.05, 3.63) is 34.6 Å². The van der Waals surface area contributed by atoms with Gasteiger partial charge in [0.25, 0.3) is 0 Å². The zero-order valence-corrected chi connectivity index (χ0v) is 17.4. The monoisotopic (exact) mass is 421 g/mol. The highest BCUT2D eigenvalue weighted by Crippen LogP contribution is 2.42. The number of methoxy groups -OCH3 is 1. The van der Waals surface area contributed by atoms with Crippen LogP contribution < -0.4 is 15.4 Å². The summed E-state index contributed by atoms with van der Waals surface area (Å²) >= 11 is 12.5. The lowest BCUT2D eigenvalue weighted by atomic mass is 9.73. The topological polar surface area (TPSA) is 73.5 Å². The Balaban J connectivity index is 1.52. The summed E-state index contributed by atoms with van der Waals surface area (Å²) in [6, 6.07) is 3.54. The van der Waals surface area contributed by atoms with Crippen LogP contribution in [0, 0.1) is 11.6 Å². The third-order valence-electron chi connectivity index (χ3n) is 6.02. The van der Waals surface area contributed by atoms with E-state index in [1.807, 2.05) is 0 Å². The molecule has 3 heterocycles. The van der Waals surface area contributed by atoms with Crippen molar-refractivity contribution >= 4 is 29.0 Å². The minimum atomic E-state index is 0.0744. The SMILES string of the molecule is COc1ccc(Cl)c(Cl)c1-c1cnc(N2CCC3(CC2)CO[C@@H](C)[C@H]3N)[c]n1. The van der Waals surface area contributed by atoms with E-state index < -0.39 is 0 Å². The Bertz CT molecular complexity index is 854. The second-order valence-corrected chi connectivity index (χ2v) is 8.31. The molecular formula is C20H23Cl2N4O2. The molecule has 2 aromatic rings. The summed E-state index contributed by atoms with van der Waals surface area (Å²) in [4.78, 5) is 11.2. The molecule has 2 N–H and O–H groups in total. The normalized spacial score (nSPS) is 24.0. The van der Waals surface area contributed by atoms with Gasteiger partial charge in [0.05, 0.1) is 47.3 Å². The van der Waals surface area contributed by atoms with E-state index in [1.165, 1.54) is 0 Å². The van der Waals surface area contributed by atoms with E-state index in [4.69, 9.17) is 38.4 Å². The third kappa shape index (κ3) is 3.32. The van der Waals surface area contributed by atoms with Crippen molar-refractivity contribution in [2.75, 3.05) is 31.7 Å². The average Bonchev–Trinajstić information content (AvgIpc) is 2.99. The molecule has 1 radical (unpaired) electrons. The molecule has 28 heavy (non-hydrogen) atoms. The second-order valence-electron chi connectivity index (χ2n) is 7.52. The number of nitrogens with two attached hydrogens (primary N) is 1.